The number of hydrogen-bond acceptors (Lipinski definition) is 4. The van der Waals surface area contributed by atoms with Gasteiger partial charge < -0.3 is 5.32 Å². The first-order valence-electron chi connectivity index (χ1n) is 7.21. The standard InChI is InChI=1S/C17H17N3S/c18-12-14-11-13-5-4-8-16(13)20-17(14)19-9-10-21-15-6-2-1-3-7-15/h1-3,6-7,11H,4-5,8-10H2,(H,19,20). The third kappa shape index (κ3) is 3.37. The number of aryl methyl sites for hydroxylation is 2. The van der Waals surface area contributed by atoms with E-state index in [1.54, 1.807) is 11.8 Å². The van der Waals surface area contributed by atoms with E-state index in [0.29, 0.717) is 5.56 Å². The molecule has 1 heterocycles. The van der Waals surface area contributed by atoms with Crippen molar-refractivity contribution in [3.05, 3.63) is 53.2 Å². The lowest BCUT2D eigenvalue weighted by atomic mass is 10.1. The lowest BCUT2D eigenvalue weighted by Crippen LogP contribution is -2.08. The van der Waals surface area contributed by atoms with Crippen molar-refractivity contribution in [2.45, 2.75) is 24.2 Å². The highest BCUT2D eigenvalue weighted by Gasteiger charge is 2.16. The van der Waals surface area contributed by atoms with Crippen molar-refractivity contribution in [1.29, 1.82) is 5.26 Å². The Morgan fingerprint density at radius 1 is 1.24 bits per heavy atom. The molecule has 1 aromatic heterocycles. The molecule has 1 aliphatic carbocycles. The molecule has 0 atom stereocenters. The molecule has 21 heavy (non-hydrogen) atoms. The molecule has 0 saturated heterocycles. The first-order chi connectivity index (χ1) is 10.4. The van der Waals surface area contributed by atoms with Crippen molar-refractivity contribution in [3.8, 4) is 6.07 Å². The Morgan fingerprint density at radius 2 is 2.10 bits per heavy atom. The van der Waals surface area contributed by atoms with Crippen molar-refractivity contribution in [2.24, 2.45) is 0 Å². The number of hydrogen-bond donors (Lipinski definition) is 1. The van der Waals surface area contributed by atoms with Gasteiger partial charge in [0.1, 0.15) is 11.9 Å². The Hall–Kier alpha value is -1.99. The smallest absolute Gasteiger partial charge is 0.144 e. The van der Waals surface area contributed by atoms with Gasteiger partial charge in [0.15, 0.2) is 0 Å². The zero-order valence-electron chi connectivity index (χ0n) is 11.8. The first-order valence-corrected chi connectivity index (χ1v) is 8.20. The molecule has 0 unspecified atom stereocenters. The molecule has 2 aromatic rings. The number of thioether (sulfide) groups is 1. The van der Waals surface area contributed by atoms with Gasteiger partial charge in [-0.25, -0.2) is 4.98 Å². The summed E-state index contributed by atoms with van der Waals surface area (Å²) in [7, 11) is 0. The van der Waals surface area contributed by atoms with Gasteiger partial charge in [0, 0.05) is 22.9 Å². The second-order valence-corrected chi connectivity index (χ2v) is 6.21. The summed E-state index contributed by atoms with van der Waals surface area (Å²) in [5, 5.41) is 12.6. The molecule has 4 heteroatoms. The van der Waals surface area contributed by atoms with Crippen LogP contribution >= 0.6 is 11.8 Å². The molecule has 0 aliphatic heterocycles. The molecule has 1 aliphatic rings. The Bertz CT molecular complexity index is 662. The van der Waals surface area contributed by atoms with Crippen LogP contribution in [-0.4, -0.2) is 17.3 Å². The molecule has 1 N–H and O–H groups in total. The van der Waals surface area contributed by atoms with Crippen LogP contribution < -0.4 is 5.32 Å². The van der Waals surface area contributed by atoms with E-state index in [-0.39, 0.29) is 0 Å². The van der Waals surface area contributed by atoms with Gasteiger partial charge in [-0.2, -0.15) is 5.26 Å². The number of pyridine rings is 1. The van der Waals surface area contributed by atoms with Gasteiger partial charge >= 0.3 is 0 Å². The van der Waals surface area contributed by atoms with Crippen molar-refractivity contribution >= 4 is 17.6 Å². The molecule has 3 nitrogen and oxygen atoms in total. The molecule has 0 bridgehead atoms. The number of anilines is 1. The van der Waals surface area contributed by atoms with Crippen molar-refractivity contribution in [2.75, 3.05) is 17.6 Å². The van der Waals surface area contributed by atoms with Gasteiger partial charge in [-0.05, 0) is 43.0 Å². The summed E-state index contributed by atoms with van der Waals surface area (Å²) in [6.45, 7) is 0.806. The zero-order chi connectivity index (χ0) is 14.5. The third-order valence-electron chi connectivity index (χ3n) is 3.58. The van der Waals surface area contributed by atoms with E-state index >= 15 is 0 Å². The second kappa shape index (κ2) is 6.64. The first kappa shape index (κ1) is 14.0. The summed E-state index contributed by atoms with van der Waals surface area (Å²) in [6.07, 6.45) is 3.25. The number of aromatic nitrogens is 1. The lowest BCUT2D eigenvalue weighted by molar-refractivity contribution is 0.899. The fraction of sp³-hybridized carbons (Fsp3) is 0.294. The van der Waals surface area contributed by atoms with Gasteiger partial charge in [-0.3, -0.25) is 0 Å². The van der Waals surface area contributed by atoms with Gasteiger partial charge in [0.05, 0.1) is 5.56 Å². The van der Waals surface area contributed by atoms with Crippen molar-refractivity contribution in [3.63, 3.8) is 0 Å². The number of fused-ring (bicyclic) bond motifs is 1. The largest absolute Gasteiger partial charge is 0.368 e. The summed E-state index contributed by atoms with van der Waals surface area (Å²) in [5.74, 6) is 1.69. The SMILES string of the molecule is N#Cc1cc2c(nc1NCCSc1ccccc1)CCC2. The van der Waals surface area contributed by atoms with Crippen LogP contribution in [0.3, 0.4) is 0 Å². The summed E-state index contributed by atoms with van der Waals surface area (Å²) < 4.78 is 0. The van der Waals surface area contributed by atoms with E-state index in [1.165, 1.54) is 10.5 Å². The highest BCUT2D eigenvalue weighted by Crippen LogP contribution is 2.25. The predicted octanol–water partition coefficient (Wildman–Crippen LogP) is 3.65. The van der Waals surface area contributed by atoms with Crippen LogP contribution in [0.1, 0.15) is 23.2 Å². The van der Waals surface area contributed by atoms with E-state index in [4.69, 9.17) is 0 Å². The quantitative estimate of drug-likeness (QED) is 0.676. The van der Waals surface area contributed by atoms with Gasteiger partial charge in [-0.1, -0.05) is 18.2 Å². The molecule has 0 radical (unpaired) electrons. The van der Waals surface area contributed by atoms with Crippen LogP contribution in [0.5, 0.6) is 0 Å². The van der Waals surface area contributed by atoms with Crippen LogP contribution in [0.2, 0.25) is 0 Å². The fourth-order valence-electron chi connectivity index (χ4n) is 2.55. The fourth-order valence-corrected chi connectivity index (χ4v) is 3.34. The highest BCUT2D eigenvalue weighted by molar-refractivity contribution is 7.99. The Kier molecular flexibility index (Phi) is 4.42. The number of nitrogens with one attached hydrogen (secondary N) is 1. The summed E-state index contributed by atoms with van der Waals surface area (Å²) in [4.78, 5) is 5.89. The molecule has 106 valence electrons. The van der Waals surface area contributed by atoms with Gasteiger partial charge in [0.25, 0.3) is 0 Å². The molecular formula is C17H17N3S. The van der Waals surface area contributed by atoms with Gasteiger partial charge in [0.2, 0.25) is 0 Å². The molecule has 3 rings (SSSR count). The molecule has 1 aromatic carbocycles. The van der Waals surface area contributed by atoms with E-state index in [2.05, 4.69) is 28.5 Å². The molecule has 0 fully saturated rings. The number of nitrogens with zero attached hydrogens (tertiary/aromatic N) is 2. The van der Waals surface area contributed by atoms with Crippen LogP contribution in [-0.2, 0) is 12.8 Å². The Balaban J connectivity index is 1.59. The maximum absolute atomic E-state index is 9.25. The third-order valence-corrected chi connectivity index (χ3v) is 4.59. The van der Waals surface area contributed by atoms with Crippen molar-refractivity contribution < 1.29 is 0 Å². The van der Waals surface area contributed by atoms with Crippen LogP contribution in [0.4, 0.5) is 5.82 Å². The average Bonchev–Trinajstić information content (AvgIpc) is 2.99. The Labute approximate surface area is 129 Å². The van der Waals surface area contributed by atoms with Crippen LogP contribution in [0.25, 0.3) is 0 Å². The van der Waals surface area contributed by atoms with E-state index in [9.17, 15) is 5.26 Å². The zero-order valence-corrected chi connectivity index (χ0v) is 12.6. The van der Waals surface area contributed by atoms with Crippen LogP contribution in [0, 0.1) is 11.3 Å². The summed E-state index contributed by atoms with van der Waals surface area (Å²) in [5.41, 5.74) is 3.07. The monoisotopic (exact) mass is 295 g/mol. The lowest BCUT2D eigenvalue weighted by Gasteiger charge is -2.09. The molecular weight excluding hydrogens is 278 g/mol. The topological polar surface area (TPSA) is 48.7 Å². The van der Waals surface area contributed by atoms with E-state index in [0.717, 1.165) is 43.1 Å². The number of benzene rings is 1. The minimum atomic E-state index is 0.667. The molecule has 0 saturated carbocycles. The van der Waals surface area contributed by atoms with Crippen LogP contribution in [0.15, 0.2) is 41.3 Å². The Morgan fingerprint density at radius 3 is 2.90 bits per heavy atom. The van der Waals surface area contributed by atoms with E-state index < -0.39 is 0 Å². The van der Waals surface area contributed by atoms with Gasteiger partial charge in [-0.15, -0.1) is 11.8 Å². The minimum Gasteiger partial charge on any atom is -0.368 e. The average molecular weight is 295 g/mol. The maximum atomic E-state index is 9.25. The number of nitriles is 1. The maximum Gasteiger partial charge on any atom is 0.144 e. The summed E-state index contributed by atoms with van der Waals surface area (Å²) in [6, 6.07) is 14.6. The number of rotatable bonds is 5. The van der Waals surface area contributed by atoms with Crippen molar-refractivity contribution in [1.82, 2.24) is 4.98 Å². The molecule has 0 spiro atoms. The molecule has 0 amide bonds. The highest BCUT2D eigenvalue weighted by atomic mass is 32.2. The predicted molar refractivity (Wildman–Crippen MR) is 86.6 cm³/mol. The van der Waals surface area contributed by atoms with E-state index in [1.807, 2.05) is 24.3 Å². The second-order valence-electron chi connectivity index (χ2n) is 5.04. The normalized spacial score (nSPS) is 12.7. The minimum absolute atomic E-state index is 0.667. The summed E-state index contributed by atoms with van der Waals surface area (Å²) >= 11 is 1.81.